The lowest BCUT2D eigenvalue weighted by atomic mass is 10.1. The predicted octanol–water partition coefficient (Wildman–Crippen LogP) is 2.49. The molecule has 0 saturated carbocycles. The smallest absolute Gasteiger partial charge is 0.146 e. The number of nitrogens with zero attached hydrogens (tertiary/aromatic N) is 1. The van der Waals surface area contributed by atoms with Gasteiger partial charge in [0, 0.05) is 12.6 Å². The van der Waals surface area contributed by atoms with Gasteiger partial charge in [-0.3, -0.25) is 0 Å². The van der Waals surface area contributed by atoms with Gasteiger partial charge >= 0.3 is 0 Å². The van der Waals surface area contributed by atoms with Gasteiger partial charge in [0.15, 0.2) is 0 Å². The number of rotatable bonds is 2. The molecule has 1 aromatic carbocycles. The molecule has 0 amide bonds. The minimum absolute atomic E-state index is 0.108. The van der Waals surface area contributed by atoms with Crippen molar-refractivity contribution in [2.45, 2.75) is 39.0 Å². The fourth-order valence-electron chi connectivity index (χ4n) is 2.25. The van der Waals surface area contributed by atoms with E-state index in [0.29, 0.717) is 24.4 Å². The molecule has 3 nitrogen and oxygen atoms in total. The maximum absolute atomic E-state index is 14.1. The van der Waals surface area contributed by atoms with Crippen LogP contribution in [-0.2, 0) is 4.74 Å². The van der Waals surface area contributed by atoms with Gasteiger partial charge in [0.25, 0.3) is 0 Å². The zero-order chi connectivity index (χ0) is 13.3. The van der Waals surface area contributed by atoms with Gasteiger partial charge in [0.2, 0.25) is 0 Å². The molecular formula is C14H20FNO2. The van der Waals surface area contributed by atoms with Crippen LogP contribution in [0.1, 0.15) is 32.4 Å². The summed E-state index contributed by atoms with van der Waals surface area (Å²) in [7, 11) is 0. The van der Waals surface area contributed by atoms with Crippen molar-refractivity contribution in [2.24, 2.45) is 0 Å². The maximum Gasteiger partial charge on any atom is 0.146 e. The first-order valence-electron chi connectivity index (χ1n) is 6.34. The molecule has 1 aliphatic heterocycles. The molecule has 1 aliphatic rings. The van der Waals surface area contributed by atoms with Crippen LogP contribution >= 0.6 is 0 Å². The van der Waals surface area contributed by atoms with Crippen LogP contribution in [0, 0.1) is 5.82 Å². The largest absolute Gasteiger partial charge is 0.389 e. The minimum Gasteiger partial charge on any atom is -0.389 e. The summed E-state index contributed by atoms with van der Waals surface area (Å²) in [5, 5.41) is 9.44. The maximum atomic E-state index is 14.1. The van der Waals surface area contributed by atoms with Crippen LogP contribution in [0.3, 0.4) is 0 Å². The average Bonchev–Trinajstić information content (AvgIpc) is 2.32. The monoisotopic (exact) mass is 253 g/mol. The summed E-state index contributed by atoms with van der Waals surface area (Å²) in [5.41, 5.74) is 1.19. The zero-order valence-electron chi connectivity index (χ0n) is 11.1. The second-order valence-corrected chi connectivity index (χ2v) is 5.03. The lowest BCUT2D eigenvalue weighted by Crippen LogP contribution is -2.47. The number of aliphatic hydroxyl groups is 1. The van der Waals surface area contributed by atoms with E-state index in [4.69, 9.17) is 4.74 Å². The Kier molecular flexibility index (Phi) is 3.88. The highest BCUT2D eigenvalue weighted by Crippen LogP contribution is 2.27. The first-order chi connectivity index (χ1) is 8.49. The van der Waals surface area contributed by atoms with E-state index in [0.717, 1.165) is 0 Å². The first-order valence-corrected chi connectivity index (χ1v) is 6.34. The van der Waals surface area contributed by atoms with Crippen LogP contribution in [0.15, 0.2) is 18.2 Å². The molecule has 100 valence electrons. The second kappa shape index (κ2) is 5.24. The summed E-state index contributed by atoms with van der Waals surface area (Å²) in [6, 6.07) is 5.09. The van der Waals surface area contributed by atoms with Crippen LogP contribution in [0.4, 0.5) is 10.1 Å². The molecule has 1 heterocycles. The molecule has 0 aliphatic carbocycles. The van der Waals surface area contributed by atoms with Gasteiger partial charge in [-0.1, -0.05) is 6.07 Å². The number of hydrogen-bond acceptors (Lipinski definition) is 3. The van der Waals surface area contributed by atoms with Gasteiger partial charge in [-0.15, -0.1) is 0 Å². The van der Waals surface area contributed by atoms with Crippen LogP contribution in [0.5, 0.6) is 0 Å². The highest BCUT2D eigenvalue weighted by molar-refractivity contribution is 5.50. The molecular weight excluding hydrogens is 233 g/mol. The van der Waals surface area contributed by atoms with Crippen molar-refractivity contribution >= 4 is 5.69 Å². The predicted molar refractivity (Wildman–Crippen MR) is 69.3 cm³/mol. The molecule has 0 bridgehead atoms. The number of ether oxygens (including phenoxy) is 1. The number of halogens is 1. The molecule has 1 fully saturated rings. The van der Waals surface area contributed by atoms with Crippen molar-refractivity contribution in [3.63, 3.8) is 0 Å². The third-order valence-electron chi connectivity index (χ3n) is 3.37. The summed E-state index contributed by atoms with van der Waals surface area (Å²) < 4.78 is 19.6. The van der Waals surface area contributed by atoms with E-state index < -0.39 is 6.10 Å². The summed E-state index contributed by atoms with van der Waals surface area (Å²) >= 11 is 0. The van der Waals surface area contributed by atoms with Crippen LogP contribution in [-0.4, -0.2) is 30.4 Å². The van der Waals surface area contributed by atoms with Gasteiger partial charge in [-0.25, -0.2) is 4.39 Å². The minimum atomic E-state index is -0.644. The van der Waals surface area contributed by atoms with Crippen LogP contribution in [0.2, 0.25) is 0 Å². The molecule has 0 aromatic heterocycles. The third-order valence-corrected chi connectivity index (χ3v) is 3.37. The Morgan fingerprint density at radius 3 is 2.78 bits per heavy atom. The Morgan fingerprint density at radius 1 is 1.44 bits per heavy atom. The molecule has 0 spiro atoms. The van der Waals surface area contributed by atoms with Crippen molar-refractivity contribution in [2.75, 3.05) is 18.1 Å². The van der Waals surface area contributed by atoms with Crippen molar-refractivity contribution in [3.8, 4) is 0 Å². The molecule has 18 heavy (non-hydrogen) atoms. The van der Waals surface area contributed by atoms with E-state index in [-0.39, 0.29) is 18.0 Å². The van der Waals surface area contributed by atoms with E-state index in [1.807, 2.05) is 18.7 Å². The highest BCUT2D eigenvalue weighted by atomic mass is 19.1. The van der Waals surface area contributed by atoms with Gasteiger partial charge in [0.05, 0.1) is 24.5 Å². The molecule has 1 aromatic rings. The SMILES string of the molecule is CC1CN(c2ccc(C(C)O)cc2F)C(C)CO1. The Morgan fingerprint density at radius 2 is 2.17 bits per heavy atom. The van der Waals surface area contributed by atoms with Gasteiger partial charge in [-0.2, -0.15) is 0 Å². The summed E-state index contributed by atoms with van der Waals surface area (Å²) in [4.78, 5) is 2.02. The summed E-state index contributed by atoms with van der Waals surface area (Å²) in [6.07, 6.45) is -0.536. The fraction of sp³-hybridized carbons (Fsp3) is 0.571. The van der Waals surface area contributed by atoms with E-state index in [2.05, 4.69) is 0 Å². The van der Waals surface area contributed by atoms with Crippen molar-refractivity contribution < 1.29 is 14.2 Å². The van der Waals surface area contributed by atoms with Crippen LogP contribution < -0.4 is 4.90 Å². The highest BCUT2D eigenvalue weighted by Gasteiger charge is 2.25. The van der Waals surface area contributed by atoms with Gasteiger partial charge < -0.3 is 14.7 Å². The molecule has 3 unspecified atom stereocenters. The normalized spacial score (nSPS) is 26.2. The Hall–Kier alpha value is -1.13. The number of anilines is 1. The molecule has 1 N–H and O–H groups in total. The first kappa shape index (κ1) is 13.3. The topological polar surface area (TPSA) is 32.7 Å². The third kappa shape index (κ3) is 2.65. The standard InChI is InChI=1S/C14H20FNO2/c1-9-8-18-10(2)7-16(9)14-5-4-12(11(3)17)6-13(14)15/h4-6,9-11,17H,7-8H2,1-3H3. The number of benzene rings is 1. The van der Waals surface area contributed by atoms with Crippen LogP contribution in [0.25, 0.3) is 0 Å². The lowest BCUT2D eigenvalue weighted by molar-refractivity contribution is 0.0341. The van der Waals surface area contributed by atoms with Gasteiger partial charge in [0.1, 0.15) is 5.82 Å². The van der Waals surface area contributed by atoms with Gasteiger partial charge in [-0.05, 0) is 38.5 Å². The molecule has 1 saturated heterocycles. The van der Waals surface area contributed by atoms with E-state index in [9.17, 15) is 9.50 Å². The van der Waals surface area contributed by atoms with Crippen molar-refractivity contribution in [1.29, 1.82) is 0 Å². The van der Waals surface area contributed by atoms with E-state index in [1.54, 1.807) is 19.1 Å². The summed E-state index contributed by atoms with van der Waals surface area (Å²) in [6.45, 7) is 6.94. The average molecular weight is 253 g/mol. The van der Waals surface area contributed by atoms with E-state index >= 15 is 0 Å². The molecule has 0 radical (unpaired) electrons. The number of hydrogen-bond donors (Lipinski definition) is 1. The number of aliphatic hydroxyl groups excluding tert-OH is 1. The van der Waals surface area contributed by atoms with E-state index in [1.165, 1.54) is 6.07 Å². The van der Waals surface area contributed by atoms with Crippen molar-refractivity contribution in [3.05, 3.63) is 29.6 Å². The lowest BCUT2D eigenvalue weighted by Gasteiger charge is -2.38. The Bertz CT molecular complexity index is 422. The Labute approximate surface area is 107 Å². The molecule has 2 rings (SSSR count). The zero-order valence-corrected chi connectivity index (χ0v) is 11.1. The quantitative estimate of drug-likeness (QED) is 0.879. The summed E-state index contributed by atoms with van der Waals surface area (Å²) in [5.74, 6) is -0.283. The Balaban J connectivity index is 2.27. The fourth-order valence-corrected chi connectivity index (χ4v) is 2.25. The molecule has 3 atom stereocenters. The van der Waals surface area contributed by atoms with Crippen molar-refractivity contribution in [1.82, 2.24) is 0 Å². The second-order valence-electron chi connectivity index (χ2n) is 5.03. The number of morpholine rings is 1. The molecule has 4 heteroatoms.